The maximum atomic E-state index is 12.4. The number of nitrogens with one attached hydrogen (secondary N) is 1. The van der Waals surface area contributed by atoms with E-state index in [0.717, 1.165) is 49.6 Å². The van der Waals surface area contributed by atoms with Gasteiger partial charge in [-0.1, -0.05) is 6.92 Å². The summed E-state index contributed by atoms with van der Waals surface area (Å²) in [6.45, 7) is 4.48. The zero-order valence-electron chi connectivity index (χ0n) is 12.4. The molecule has 110 valence electrons. The van der Waals surface area contributed by atoms with Crippen molar-refractivity contribution in [2.75, 3.05) is 20.1 Å². The number of carbonyl (C=O) groups is 1. The summed E-state index contributed by atoms with van der Waals surface area (Å²) in [6.07, 6.45) is 5.72. The smallest absolute Gasteiger partial charge is 0.261 e. The van der Waals surface area contributed by atoms with Crippen molar-refractivity contribution in [3.05, 3.63) is 21.4 Å². The minimum absolute atomic E-state index is 0.145. The van der Waals surface area contributed by atoms with Gasteiger partial charge in [0.05, 0.1) is 4.88 Å². The van der Waals surface area contributed by atoms with Crippen molar-refractivity contribution < 1.29 is 4.79 Å². The molecule has 1 atom stereocenters. The number of rotatable bonds is 2. The lowest BCUT2D eigenvalue weighted by Gasteiger charge is -2.29. The van der Waals surface area contributed by atoms with Gasteiger partial charge >= 0.3 is 0 Å². The van der Waals surface area contributed by atoms with Gasteiger partial charge in [-0.3, -0.25) is 4.79 Å². The summed E-state index contributed by atoms with van der Waals surface area (Å²) >= 11 is 1.71. The van der Waals surface area contributed by atoms with Gasteiger partial charge in [0.15, 0.2) is 0 Å². The van der Waals surface area contributed by atoms with E-state index in [-0.39, 0.29) is 5.91 Å². The van der Waals surface area contributed by atoms with Gasteiger partial charge in [-0.15, -0.1) is 11.3 Å². The standard InChI is InChI=1S/C16H24N2OS/c1-11-3-4-14-12(9-11)10-15(20-14)16(19)17-13-5-7-18(2)8-6-13/h10-11,13H,3-9H2,1-2H3,(H,17,19)/t11-/m1/s1. The average Bonchev–Trinajstić information content (AvgIpc) is 2.84. The molecule has 4 heteroatoms. The summed E-state index contributed by atoms with van der Waals surface area (Å²) in [5.41, 5.74) is 1.42. The molecule has 1 saturated heterocycles. The van der Waals surface area contributed by atoms with Crippen molar-refractivity contribution in [1.29, 1.82) is 0 Å². The fraction of sp³-hybridized carbons (Fsp3) is 0.688. The van der Waals surface area contributed by atoms with E-state index in [1.807, 2.05) is 0 Å². The average molecular weight is 292 g/mol. The maximum Gasteiger partial charge on any atom is 0.261 e. The predicted octanol–water partition coefficient (Wildman–Crippen LogP) is 2.70. The number of thiophene rings is 1. The van der Waals surface area contributed by atoms with Crippen LogP contribution in [0.4, 0.5) is 0 Å². The van der Waals surface area contributed by atoms with Gasteiger partial charge in [0.1, 0.15) is 0 Å². The van der Waals surface area contributed by atoms with Gasteiger partial charge < -0.3 is 10.2 Å². The van der Waals surface area contributed by atoms with Crippen LogP contribution in [0.1, 0.15) is 46.3 Å². The number of fused-ring (bicyclic) bond motifs is 1. The van der Waals surface area contributed by atoms with E-state index in [2.05, 4.69) is 30.3 Å². The van der Waals surface area contributed by atoms with E-state index in [1.54, 1.807) is 11.3 Å². The number of carbonyl (C=O) groups excluding carboxylic acids is 1. The van der Waals surface area contributed by atoms with Gasteiger partial charge in [-0.2, -0.15) is 0 Å². The van der Waals surface area contributed by atoms with Crippen molar-refractivity contribution in [1.82, 2.24) is 10.2 Å². The van der Waals surface area contributed by atoms with Crippen LogP contribution in [0.25, 0.3) is 0 Å². The lowest BCUT2D eigenvalue weighted by Crippen LogP contribution is -2.43. The van der Waals surface area contributed by atoms with E-state index in [1.165, 1.54) is 16.9 Å². The third-order valence-electron chi connectivity index (χ3n) is 4.61. The Labute approximate surface area is 125 Å². The highest BCUT2D eigenvalue weighted by Gasteiger charge is 2.23. The third kappa shape index (κ3) is 3.07. The normalized spacial score (nSPS) is 24.4. The monoisotopic (exact) mass is 292 g/mol. The van der Waals surface area contributed by atoms with E-state index < -0.39 is 0 Å². The molecule has 20 heavy (non-hydrogen) atoms. The summed E-state index contributed by atoms with van der Waals surface area (Å²) in [4.78, 5) is 17.1. The summed E-state index contributed by atoms with van der Waals surface area (Å²) in [7, 11) is 2.15. The molecule has 0 spiro atoms. The molecule has 2 aliphatic rings. The van der Waals surface area contributed by atoms with E-state index in [9.17, 15) is 4.79 Å². The van der Waals surface area contributed by atoms with Gasteiger partial charge in [-0.05, 0) is 69.8 Å². The minimum Gasteiger partial charge on any atom is -0.349 e. The molecule has 1 aliphatic carbocycles. The van der Waals surface area contributed by atoms with E-state index >= 15 is 0 Å². The molecule has 1 aromatic rings. The summed E-state index contributed by atoms with van der Waals surface area (Å²) in [5, 5.41) is 3.22. The molecule has 0 bridgehead atoms. The van der Waals surface area contributed by atoms with Crippen LogP contribution in [0.3, 0.4) is 0 Å². The zero-order valence-corrected chi connectivity index (χ0v) is 13.3. The fourth-order valence-corrected chi connectivity index (χ4v) is 4.34. The van der Waals surface area contributed by atoms with Gasteiger partial charge in [0.2, 0.25) is 0 Å². The topological polar surface area (TPSA) is 32.3 Å². The molecule has 2 heterocycles. The summed E-state index contributed by atoms with van der Waals surface area (Å²) in [5.74, 6) is 0.911. The van der Waals surface area contributed by atoms with Crippen molar-refractivity contribution in [3.8, 4) is 0 Å². The zero-order chi connectivity index (χ0) is 14.1. The molecule has 3 rings (SSSR count). The second kappa shape index (κ2) is 5.86. The van der Waals surface area contributed by atoms with Crippen molar-refractivity contribution in [3.63, 3.8) is 0 Å². The molecule has 0 aromatic carbocycles. The number of nitrogens with zero attached hydrogens (tertiary/aromatic N) is 1. The molecular formula is C16H24N2OS. The molecule has 1 aromatic heterocycles. The first-order valence-electron chi connectivity index (χ1n) is 7.73. The third-order valence-corrected chi connectivity index (χ3v) is 5.84. The van der Waals surface area contributed by atoms with Crippen LogP contribution < -0.4 is 5.32 Å². The van der Waals surface area contributed by atoms with Gasteiger partial charge in [0.25, 0.3) is 5.91 Å². The molecule has 1 aliphatic heterocycles. The number of aryl methyl sites for hydroxylation is 1. The van der Waals surface area contributed by atoms with Crippen LogP contribution >= 0.6 is 11.3 Å². The molecule has 3 nitrogen and oxygen atoms in total. The molecular weight excluding hydrogens is 268 g/mol. The minimum atomic E-state index is 0.145. The fourth-order valence-electron chi connectivity index (χ4n) is 3.23. The van der Waals surface area contributed by atoms with Crippen molar-refractivity contribution in [2.45, 2.75) is 45.1 Å². The van der Waals surface area contributed by atoms with Gasteiger partial charge in [0, 0.05) is 10.9 Å². The molecule has 1 N–H and O–H groups in total. The van der Waals surface area contributed by atoms with E-state index in [0.29, 0.717) is 6.04 Å². The quantitative estimate of drug-likeness (QED) is 0.909. The maximum absolute atomic E-state index is 12.4. The first-order valence-corrected chi connectivity index (χ1v) is 8.54. The molecule has 1 amide bonds. The second-order valence-corrected chi connectivity index (χ2v) is 7.59. The van der Waals surface area contributed by atoms with Crippen LogP contribution in [0.5, 0.6) is 0 Å². The largest absolute Gasteiger partial charge is 0.349 e. The first kappa shape index (κ1) is 14.1. The molecule has 0 radical (unpaired) electrons. The Morgan fingerprint density at radius 1 is 1.35 bits per heavy atom. The highest BCUT2D eigenvalue weighted by atomic mass is 32.1. The lowest BCUT2D eigenvalue weighted by atomic mass is 9.90. The van der Waals surface area contributed by atoms with E-state index in [4.69, 9.17) is 0 Å². The predicted molar refractivity (Wildman–Crippen MR) is 83.5 cm³/mol. The Morgan fingerprint density at radius 2 is 2.10 bits per heavy atom. The SMILES string of the molecule is C[C@@H]1CCc2sc(C(=O)NC3CCN(C)CC3)cc2C1. The highest BCUT2D eigenvalue weighted by molar-refractivity contribution is 7.14. The Balaban J connectivity index is 1.63. The van der Waals surface area contributed by atoms with Gasteiger partial charge in [-0.25, -0.2) is 0 Å². The van der Waals surface area contributed by atoms with Crippen LogP contribution in [-0.2, 0) is 12.8 Å². The number of hydrogen-bond acceptors (Lipinski definition) is 3. The Kier molecular flexibility index (Phi) is 4.13. The second-order valence-electron chi connectivity index (χ2n) is 6.46. The number of piperidine rings is 1. The molecule has 0 unspecified atom stereocenters. The van der Waals surface area contributed by atoms with Crippen molar-refractivity contribution in [2.24, 2.45) is 5.92 Å². The summed E-state index contributed by atoms with van der Waals surface area (Å²) in [6, 6.07) is 2.50. The number of hydrogen-bond donors (Lipinski definition) is 1. The highest BCUT2D eigenvalue weighted by Crippen LogP contribution is 2.32. The lowest BCUT2D eigenvalue weighted by molar-refractivity contribution is 0.0921. The summed E-state index contributed by atoms with van der Waals surface area (Å²) < 4.78 is 0. The number of likely N-dealkylation sites (tertiary alicyclic amines) is 1. The van der Waals surface area contributed by atoms with Crippen LogP contribution in [0.15, 0.2) is 6.07 Å². The molecule has 0 saturated carbocycles. The van der Waals surface area contributed by atoms with Crippen LogP contribution in [0, 0.1) is 5.92 Å². The van der Waals surface area contributed by atoms with Crippen LogP contribution in [-0.4, -0.2) is 37.0 Å². The Bertz CT molecular complexity index is 489. The Hall–Kier alpha value is -0.870. The number of amides is 1. The van der Waals surface area contributed by atoms with Crippen LogP contribution in [0.2, 0.25) is 0 Å². The first-order chi connectivity index (χ1) is 9.61. The Morgan fingerprint density at radius 3 is 2.85 bits per heavy atom. The van der Waals surface area contributed by atoms with Crippen molar-refractivity contribution >= 4 is 17.2 Å². The molecule has 1 fully saturated rings.